The van der Waals surface area contributed by atoms with Crippen molar-refractivity contribution in [3.05, 3.63) is 47.8 Å². The number of carbonyl (C=O) groups excluding carboxylic acids is 1. The number of alkyl halides is 8. The van der Waals surface area contributed by atoms with E-state index in [1.807, 2.05) is 32.0 Å². The number of nitrogens with zero attached hydrogens (tertiary/aromatic N) is 1. The Bertz CT molecular complexity index is 1420. The Morgan fingerprint density at radius 3 is 2.12 bits per heavy atom. The van der Waals surface area contributed by atoms with Crippen LogP contribution < -0.4 is 16.2 Å². The Kier molecular flexibility index (Phi) is 10.7. The molecule has 0 aliphatic heterocycles. The molecule has 0 spiro atoms. The molecule has 1 aromatic carbocycles. The smallest absolute Gasteiger partial charge is 0.378 e. The number of hydrogen-bond acceptors (Lipinski definition) is 7. The van der Waals surface area contributed by atoms with Gasteiger partial charge < -0.3 is 20.9 Å². The van der Waals surface area contributed by atoms with Gasteiger partial charge >= 0.3 is 29.7 Å². The molecule has 0 saturated carbocycles. The summed E-state index contributed by atoms with van der Waals surface area (Å²) in [7, 11) is 0. The van der Waals surface area contributed by atoms with E-state index in [4.69, 9.17) is 16.2 Å². The van der Waals surface area contributed by atoms with Crippen molar-refractivity contribution in [2.75, 3.05) is 19.8 Å². The van der Waals surface area contributed by atoms with Gasteiger partial charge in [0.25, 0.3) is 0 Å². The van der Waals surface area contributed by atoms with Gasteiger partial charge in [0, 0.05) is 33.1 Å². The number of nitrogens with two attached hydrogens (primary N) is 2. The van der Waals surface area contributed by atoms with E-state index in [-0.39, 0.29) is 5.75 Å². The molecular weight excluding hydrogens is 610 g/mol. The van der Waals surface area contributed by atoms with E-state index in [0.29, 0.717) is 11.1 Å². The fourth-order valence-electron chi connectivity index (χ4n) is 4.02. The Balaban J connectivity index is 1.68. The summed E-state index contributed by atoms with van der Waals surface area (Å²) < 4.78 is 124. The summed E-state index contributed by atoms with van der Waals surface area (Å²) in [6, 6.07) is 8.77. The molecule has 2 heterocycles. The Hall–Kier alpha value is -3.04. The predicted octanol–water partition coefficient (Wildman–Crippen LogP) is 6.62. The van der Waals surface area contributed by atoms with Gasteiger partial charge in [-0.1, -0.05) is 13.8 Å². The fraction of sp³-hybridized carbons (Fsp3) is 0.500. The van der Waals surface area contributed by atoms with Crippen molar-refractivity contribution in [2.45, 2.75) is 69.3 Å². The van der Waals surface area contributed by atoms with Gasteiger partial charge in [0.05, 0.1) is 26.1 Å². The van der Waals surface area contributed by atoms with E-state index in [0.717, 1.165) is 33.6 Å². The number of rotatable bonds is 15. The van der Waals surface area contributed by atoms with Gasteiger partial charge in [-0.15, -0.1) is 11.3 Å². The van der Waals surface area contributed by atoms with Crippen LogP contribution in [-0.4, -0.2) is 60.4 Å². The number of hydrogen-bond donors (Lipinski definition) is 2. The number of esters is 1. The van der Waals surface area contributed by atoms with Crippen molar-refractivity contribution < 1.29 is 49.4 Å². The summed E-state index contributed by atoms with van der Waals surface area (Å²) in [6.45, 7) is 0.839. The molecule has 238 valence electrons. The maximum absolute atomic E-state index is 14.3. The molecule has 3 rings (SSSR count). The highest BCUT2D eigenvalue weighted by Gasteiger charge is 2.79. The SMILES string of the molecule is CCc1ccc(-c2cc3ccc(OCCC(F)(F)C(F)(F)C(F)(F)C(F)(F)CCOC(=O)C(N)CN)cc3s2)c(CC)n1. The molecule has 0 amide bonds. The van der Waals surface area contributed by atoms with Crippen molar-refractivity contribution >= 4 is 27.4 Å². The molecule has 1 atom stereocenters. The van der Waals surface area contributed by atoms with E-state index in [1.165, 1.54) is 23.5 Å². The van der Waals surface area contributed by atoms with Crippen molar-refractivity contribution in [1.82, 2.24) is 4.98 Å². The van der Waals surface area contributed by atoms with Crippen LogP contribution in [0.3, 0.4) is 0 Å². The summed E-state index contributed by atoms with van der Waals surface area (Å²) in [5.41, 5.74) is 13.0. The van der Waals surface area contributed by atoms with Gasteiger partial charge in [-0.25, -0.2) is 0 Å². The summed E-state index contributed by atoms with van der Waals surface area (Å²) in [6.07, 6.45) is -2.69. The maximum atomic E-state index is 14.3. The normalized spacial score (nSPS) is 13.8. The number of aryl methyl sites for hydroxylation is 2. The van der Waals surface area contributed by atoms with Gasteiger partial charge in [-0.2, -0.15) is 35.1 Å². The average Bonchev–Trinajstić information content (AvgIpc) is 3.39. The first-order valence-electron chi connectivity index (χ1n) is 13.3. The highest BCUT2D eigenvalue weighted by Crippen LogP contribution is 2.54. The zero-order valence-electron chi connectivity index (χ0n) is 23.2. The van der Waals surface area contributed by atoms with E-state index >= 15 is 0 Å². The van der Waals surface area contributed by atoms with Crippen LogP contribution in [0.2, 0.25) is 0 Å². The standard InChI is InChI=1S/C28H31F8N3O3S/c1-3-17-6-8-19(21(4-2)39-17)23-13-16-5-7-18(14-22(16)43-23)41-11-9-25(29,30)27(33,34)28(35,36)26(31,32)10-12-42-24(40)20(38)15-37/h5-8,13-14,20H,3-4,9-12,15,37-38H2,1-2H3. The maximum Gasteiger partial charge on any atom is 0.378 e. The highest BCUT2D eigenvalue weighted by atomic mass is 32.1. The van der Waals surface area contributed by atoms with Crippen LogP contribution in [0.4, 0.5) is 35.1 Å². The molecule has 0 aliphatic rings. The molecule has 0 radical (unpaired) electrons. The van der Waals surface area contributed by atoms with Gasteiger partial charge in [-0.05, 0) is 54.6 Å². The molecule has 1 unspecified atom stereocenters. The van der Waals surface area contributed by atoms with Crippen LogP contribution >= 0.6 is 11.3 Å². The highest BCUT2D eigenvalue weighted by molar-refractivity contribution is 7.22. The Morgan fingerprint density at radius 2 is 1.53 bits per heavy atom. The molecule has 2 aromatic heterocycles. The second kappa shape index (κ2) is 13.3. The van der Waals surface area contributed by atoms with Crippen LogP contribution in [-0.2, 0) is 22.4 Å². The lowest BCUT2D eigenvalue weighted by molar-refractivity contribution is -0.369. The molecule has 0 bridgehead atoms. The van der Waals surface area contributed by atoms with Crippen molar-refractivity contribution in [2.24, 2.45) is 11.5 Å². The number of fused-ring (bicyclic) bond motifs is 1. The van der Waals surface area contributed by atoms with Crippen LogP contribution in [0.15, 0.2) is 36.4 Å². The fourth-order valence-corrected chi connectivity index (χ4v) is 5.16. The first-order valence-corrected chi connectivity index (χ1v) is 14.1. The number of pyridine rings is 1. The van der Waals surface area contributed by atoms with E-state index in [2.05, 4.69) is 9.72 Å². The monoisotopic (exact) mass is 641 g/mol. The molecule has 0 fully saturated rings. The number of aromatic nitrogens is 1. The second-order valence-electron chi connectivity index (χ2n) is 9.73. The molecule has 6 nitrogen and oxygen atoms in total. The lowest BCUT2D eigenvalue weighted by Gasteiger charge is -2.36. The van der Waals surface area contributed by atoms with Crippen molar-refractivity contribution in [3.63, 3.8) is 0 Å². The van der Waals surface area contributed by atoms with E-state index in [9.17, 15) is 39.9 Å². The molecular formula is C28H31F8N3O3S. The number of halogens is 8. The molecule has 15 heteroatoms. The summed E-state index contributed by atoms with van der Waals surface area (Å²) >= 11 is 1.35. The molecule has 43 heavy (non-hydrogen) atoms. The summed E-state index contributed by atoms with van der Waals surface area (Å²) in [5, 5.41) is 0.781. The third-order valence-corrected chi connectivity index (χ3v) is 7.83. The van der Waals surface area contributed by atoms with Gasteiger partial charge in [0.15, 0.2) is 0 Å². The average molecular weight is 642 g/mol. The van der Waals surface area contributed by atoms with E-state index in [1.54, 1.807) is 6.07 Å². The largest absolute Gasteiger partial charge is 0.493 e. The number of thiophene rings is 1. The molecule has 0 aliphatic carbocycles. The first kappa shape index (κ1) is 34.5. The van der Waals surface area contributed by atoms with Gasteiger partial charge in [0.2, 0.25) is 0 Å². The third kappa shape index (κ3) is 7.20. The van der Waals surface area contributed by atoms with Crippen LogP contribution in [0.25, 0.3) is 20.5 Å². The van der Waals surface area contributed by atoms with E-state index < -0.39 is 68.3 Å². The van der Waals surface area contributed by atoms with Crippen LogP contribution in [0.5, 0.6) is 5.75 Å². The van der Waals surface area contributed by atoms with Gasteiger partial charge in [0.1, 0.15) is 11.8 Å². The minimum absolute atomic E-state index is 0.00946. The zero-order chi connectivity index (χ0) is 32.2. The first-order chi connectivity index (χ1) is 20.0. The number of benzene rings is 1. The minimum Gasteiger partial charge on any atom is -0.493 e. The predicted molar refractivity (Wildman–Crippen MR) is 146 cm³/mol. The lowest BCUT2D eigenvalue weighted by atomic mass is 9.95. The molecule has 4 N–H and O–H groups in total. The minimum atomic E-state index is -6.50. The molecule has 3 aromatic rings. The van der Waals surface area contributed by atoms with Crippen LogP contribution in [0, 0.1) is 0 Å². The summed E-state index contributed by atoms with van der Waals surface area (Å²) in [5.74, 6) is -25.6. The Morgan fingerprint density at radius 1 is 0.907 bits per heavy atom. The summed E-state index contributed by atoms with van der Waals surface area (Å²) in [4.78, 5) is 16.9. The number of ether oxygens (including phenoxy) is 2. The Labute approximate surface area is 246 Å². The third-order valence-electron chi connectivity index (χ3n) is 6.70. The van der Waals surface area contributed by atoms with Crippen molar-refractivity contribution in [1.29, 1.82) is 0 Å². The number of carbonyl (C=O) groups is 1. The topological polar surface area (TPSA) is 100 Å². The van der Waals surface area contributed by atoms with Gasteiger partial charge in [-0.3, -0.25) is 9.78 Å². The quantitative estimate of drug-likeness (QED) is 0.143. The van der Waals surface area contributed by atoms with Crippen LogP contribution in [0.1, 0.15) is 38.1 Å². The second-order valence-corrected chi connectivity index (χ2v) is 10.8. The lowest BCUT2D eigenvalue weighted by Crippen LogP contribution is -2.62. The van der Waals surface area contributed by atoms with Crippen molar-refractivity contribution in [3.8, 4) is 16.2 Å². The molecule has 0 saturated heterocycles. The zero-order valence-corrected chi connectivity index (χ0v) is 24.1.